The summed E-state index contributed by atoms with van der Waals surface area (Å²) in [6, 6.07) is 2.33. The molecule has 0 spiro atoms. The molecule has 5 nitrogen and oxygen atoms in total. The van der Waals surface area contributed by atoms with Gasteiger partial charge in [-0.3, -0.25) is 4.79 Å². The molecule has 0 atom stereocenters. The maximum atomic E-state index is 12.8. The predicted molar refractivity (Wildman–Crippen MR) is 71.8 cm³/mol. The maximum Gasteiger partial charge on any atom is 0.283 e. The molecule has 2 rings (SSSR count). The molecule has 0 amide bonds. The summed E-state index contributed by atoms with van der Waals surface area (Å²) in [4.78, 5) is 11.0. The minimum absolute atomic E-state index is 0.00114. The molecule has 1 heterocycles. The number of halogens is 4. The van der Waals surface area contributed by atoms with E-state index in [4.69, 9.17) is 27.9 Å². The molecule has 0 bridgehead atoms. The molecule has 0 fully saturated rings. The van der Waals surface area contributed by atoms with Gasteiger partial charge in [0, 0.05) is 13.1 Å². The van der Waals surface area contributed by atoms with Gasteiger partial charge in [0.05, 0.1) is 10.0 Å². The van der Waals surface area contributed by atoms with Gasteiger partial charge in [-0.25, -0.2) is 13.5 Å². The number of aromatic nitrogens is 2. The number of benzene rings is 1. The SMILES string of the molecule is Cn1nc(C(F)F)c(C=O)c1Oc1cc(O)c(Cl)cc1Cl. The van der Waals surface area contributed by atoms with E-state index >= 15 is 0 Å². The number of aromatic hydroxyl groups is 1. The zero-order chi connectivity index (χ0) is 15.7. The van der Waals surface area contributed by atoms with Gasteiger partial charge in [-0.1, -0.05) is 23.2 Å². The topological polar surface area (TPSA) is 64.4 Å². The Morgan fingerprint density at radius 2 is 2.05 bits per heavy atom. The van der Waals surface area contributed by atoms with E-state index in [0.717, 1.165) is 10.7 Å². The lowest BCUT2D eigenvalue weighted by atomic mass is 10.2. The maximum absolute atomic E-state index is 12.8. The molecule has 0 aliphatic carbocycles. The van der Waals surface area contributed by atoms with Crippen LogP contribution >= 0.6 is 23.2 Å². The van der Waals surface area contributed by atoms with Crippen LogP contribution in [0, 0.1) is 0 Å². The molecule has 9 heteroatoms. The molecular weight excluding hydrogens is 329 g/mol. The highest BCUT2D eigenvalue weighted by molar-refractivity contribution is 6.36. The lowest BCUT2D eigenvalue weighted by Crippen LogP contribution is -1.97. The third-order valence-electron chi connectivity index (χ3n) is 2.59. The molecule has 0 saturated carbocycles. The van der Waals surface area contributed by atoms with E-state index in [0.29, 0.717) is 0 Å². The van der Waals surface area contributed by atoms with Crippen molar-refractivity contribution >= 4 is 29.5 Å². The van der Waals surface area contributed by atoms with Crippen LogP contribution in [0.4, 0.5) is 8.78 Å². The Morgan fingerprint density at radius 3 is 2.62 bits per heavy atom. The van der Waals surface area contributed by atoms with Gasteiger partial charge in [-0.15, -0.1) is 0 Å². The minimum atomic E-state index is -2.93. The van der Waals surface area contributed by atoms with Crippen LogP contribution in [0.3, 0.4) is 0 Å². The average molecular weight is 337 g/mol. The first-order valence-electron chi connectivity index (χ1n) is 5.51. The molecule has 0 radical (unpaired) electrons. The number of aryl methyl sites for hydroxylation is 1. The van der Waals surface area contributed by atoms with E-state index in [1.165, 1.54) is 13.1 Å². The smallest absolute Gasteiger partial charge is 0.283 e. The summed E-state index contributed by atoms with van der Waals surface area (Å²) in [6.45, 7) is 0. The van der Waals surface area contributed by atoms with Crippen molar-refractivity contribution in [3.05, 3.63) is 33.4 Å². The van der Waals surface area contributed by atoms with Crippen LogP contribution < -0.4 is 4.74 Å². The summed E-state index contributed by atoms with van der Waals surface area (Å²) in [7, 11) is 1.33. The number of hydrogen-bond donors (Lipinski definition) is 1. The molecule has 0 saturated heterocycles. The van der Waals surface area contributed by atoms with Crippen molar-refractivity contribution in [3.8, 4) is 17.4 Å². The number of phenolic OH excluding ortho intramolecular Hbond substituents is 1. The van der Waals surface area contributed by atoms with Crippen LogP contribution in [0.25, 0.3) is 0 Å². The van der Waals surface area contributed by atoms with E-state index in [1.807, 2.05) is 0 Å². The molecule has 21 heavy (non-hydrogen) atoms. The fourth-order valence-electron chi connectivity index (χ4n) is 1.64. The van der Waals surface area contributed by atoms with Crippen LogP contribution in [-0.4, -0.2) is 21.2 Å². The third kappa shape index (κ3) is 2.93. The zero-order valence-corrected chi connectivity index (χ0v) is 12.0. The Balaban J connectivity index is 2.49. The van der Waals surface area contributed by atoms with Gasteiger partial charge >= 0.3 is 0 Å². The van der Waals surface area contributed by atoms with Gasteiger partial charge in [0.25, 0.3) is 6.43 Å². The third-order valence-corrected chi connectivity index (χ3v) is 3.19. The van der Waals surface area contributed by atoms with Crippen molar-refractivity contribution in [1.82, 2.24) is 9.78 Å². The van der Waals surface area contributed by atoms with Crippen molar-refractivity contribution in [2.24, 2.45) is 7.05 Å². The van der Waals surface area contributed by atoms with Crippen molar-refractivity contribution in [2.45, 2.75) is 6.43 Å². The quantitative estimate of drug-likeness (QED) is 0.858. The summed E-state index contributed by atoms with van der Waals surface area (Å²) in [6.07, 6.45) is -2.71. The summed E-state index contributed by atoms with van der Waals surface area (Å²) in [5.41, 5.74) is -1.09. The Morgan fingerprint density at radius 1 is 1.38 bits per heavy atom. The van der Waals surface area contributed by atoms with E-state index in [9.17, 15) is 18.7 Å². The summed E-state index contributed by atoms with van der Waals surface area (Å²) in [5, 5.41) is 13.1. The molecule has 0 aliphatic rings. The highest BCUT2D eigenvalue weighted by atomic mass is 35.5. The largest absolute Gasteiger partial charge is 0.506 e. The van der Waals surface area contributed by atoms with Crippen molar-refractivity contribution in [2.75, 3.05) is 0 Å². The molecule has 1 N–H and O–H groups in total. The monoisotopic (exact) mass is 336 g/mol. The Hall–Kier alpha value is -1.86. The zero-order valence-electron chi connectivity index (χ0n) is 10.5. The lowest BCUT2D eigenvalue weighted by molar-refractivity contribution is 0.110. The van der Waals surface area contributed by atoms with Crippen molar-refractivity contribution in [3.63, 3.8) is 0 Å². The number of ether oxygens (including phenoxy) is 1. The molecule has 1 aromatic carbocycles. The average Bonchev–Trinajstić information content (AvgIpc) is 2.73. The van der Waals surface area contributed by atoms with Crippen LogP contribution in [0.2, 0.25) is 10.0 Å². The van der Waals surface area contributed by atoms with Crippen LogP contribution in [0.15, 0.2) is 12.1 Å². The van der Waals surface area contributed by atoms with E-state index < -0.39 is 17.7 Å². The van der Waals surface area contributed by atoms with E-state index in [1.54, 1.807) is 0 Å². The number of hydrogen-bond acceptors (Lipinski definition) is 4. The first-order chi connectivity index (χ1) is 9.85. The molecule has 2 aromatic rings. The van der Waals surface area contributed by atoms with Gasteiger partial charge in [0.2, 0.25) is 5.88 Å². The summed E-state index contributed by atoms with van der Waals surface area (Å²) < 4.78 is 31.8. The highest BCUT2D eigenvalue weighted by Gasteiger charge is 2.25. The minimum Gasteiger partial charge on any atom is -0.506 e. The molecule has 112 valence electrons. The van der Waals surface area contributed by atoms with Gasteiger partial charge in [0.15, 0.2) is 12.0 Å². The Kier molecular flexibility index (Phi) is 4.34. The van der Waals surface area contributed by atoms with Gasteiger partial charge in [-0.05, 0) is 6.07 Å². The second-order valence-corrected chi connectivity index (χ2v) is 4.80. The number of phenols is 1. The first-order valence-corrected chi connectivity index (χ1v) is 6.26. The van der Waals surface area contributed by atoms with Gasteiger partial charge in [-0.2, -0.15) is 5.10 Å². The number of nitrogens with zero attached hydrogens (tertiary/aromatic N) is 2. The number of rotatable bonds is 4. The van der Waals surface area contributed by atoms with Crippen LogP contribution in [0.5, 0.6) is 17.4 Å². The molecule has 0 unspecified atom stereocenters. The van der Waals surface area contributed by atoms with E-state index in [2.05, 4.69) is 5.10 Å². The fraction of sp³-hybridized carbons (Fsp3) is 0.167. The Labute approximate surface area is 127 Å². The normalized spacial score (nSPS) is 11.0. The first kappa shape index (κ1) is 15.5. The number of carbonyl (C=O) groups is 1. The van der Waals surface area contributed by atoms with Crippen LogP contribution in [0.1, 0.15) is 22.5 Å². The lowest BCUT2D eigenvalue weighted by Gasteiger charge is -2.09. The molecular formula is C12H8Cl2F2N2O3. The standard InChI is InChI=1S/C12H8Cl2F2N2O3/c1-18-12(5(4-19)10(17-18)11(15)16)21-9-3-8(20)6(13)2-7(9)14/h2-4,11,20H,1H3. The predicted octanol–water partition coefficient (Wildman–Crippen LogP) is 3.97. The number of carbonyl (C=O) groups excluding carboxylic acids is 1. The van der Waals surface area contributed by atoms with Gasteiger partial charge in [0.1, 0.15) is 17.0 Å². The highest BCUT2D eigenvalue weighted by Crippen LogP contribution is 2.39. The Bertz CT molecular complexity index is 704. The fourth-order valence-corrected chi connectivity index (χ4v) is 2.06. The van der Waals surface area contributed by atoms with Crippen molar-refractivity contribution < 1.29 is 23.4 Å². The second-order valence-electron chi connectivity index (χ2n) is 3.98. The number of alkyl halides is 2. The second kappa shape index (κ2) is 5.87. The molecule has 1 aromatic heterocycles. The van der Waals surface area contributed by atoms with Gasteiger partial charge < -0.3 is 9.84 Å². The van der Waals surface area contributed by atoms with E-state index in [-0.39, 0.29) is 33.7 Å². The number of aldehydes is 1. The van der Waals surface area contributed by atoms with Crippen molar-refractivity contribution in [1.29, 1.82) is 0 Å². The van der Waals surface area contributed by atoms with Crippen LogP contribution in [-0.2, 0) is 7.05 Å². The summed E-state index contributed by atoms with van der Waals surface area (Å²) in [5.74, 6) is -0.575. The molecule has 0 aliphatic heterocycles. The summed E-state index contributed by atoms with van der Waals surface area (Å²) >= 11 is 11.5.